The minimum atomic E-state index is -0.506. The molecule has 0 bridgehead atoms. The van der Waals surface area contributed by atoms with Gasteiger partial charge < -0.3 is 20.8 Å². The van der Waals surface area contributed by atoms with Gasteiger partial charge in [0.05, 0.1) is 5.56 Å². The average molecular weight is 111 g/mol. The van der Waals surface area contributed by atoms with E-state index in [4.69, 9.17) is 0 Å². The maximum atomic E-state index is 10.2. The zero-order valence-electron chi connectivity index (χ0n) is 3.89. The van der Waals surface area contributed by atoms with E-state index in [-0.39, 0.29) is 0 Å². The average Bonchev–Trinajstić information content (AvgIpc) is 1.64. The maximum Gasteiger partial charge on any atom is 0.320 e. The molecule has 1 rings (SSSR count). The van der Waals surface area contributed by atoms with Crippen LogP contribution in [0.3, 0.4) is 0 Å². The van der Waals surface area contributed by atoms with E-state index in [0.29, 0.717) is 0 Å². The Labute approximate surface area is 44.2 Å². The van der Waals surface area contributed by atoms with Crippen LogP contribution in [0.1, 0.15) is 0 Å². The van der Waals surface area contributed by atoms with Gasteiger partial charge in [-0.15, -0.1) is 0 Å². The molecule has 1 heterocycles. The molecule has 0 saturated carbocycles. The summed E-state index contributed by atoms with van der Waals surface area (Å²) in [5.74, 6) is 0. The molecule has 0 radical (unpaired) electrons. The van der Waals surface area contributed by atoms with Gasteiger partial charge in [0.2, 0.25) is 0 Å². The Morgan fingerprint density at radius 2 is 2.25 bits per heavy atom. The van der Waals surface area contributed by atoms with Gasteiger partial charge in [-0.3, -0.25) is 0 Å². The summed E-state index contributed by atoms with van der Waals surface area (Å²) >= 11 is 0. The van der Waals surface area contributed by atoms with Crippen LogP contribution in [0.25, 0.3) is 0 Å². The molecule has 1 aromatic rings. The fourth-order valence-corrected chi connectivity index (χ4v) is 0.342. The first-order valence-electron chi connectivity index (χ1n) is 1.99. The molecule has 4 heteroatoms. The normalized spacial score (nSPS) is 9.00. The summed E-state index contributed by atoms with van der Waals surface area (Å²) in [6, 6.07) is 2.21. The molecule has 0 unspecified atom stereocenters. The van der Waals surface area contributed by atoms with Crippen molar-refractivity contribution in [1.29, 1.82) is 0 Å². The maximum absolute atomic E-state index is 10.2. The Hall–Kier alpha value is -1.32. The highest BCUT2D eigenvalue weighted by Crippen LogP contribution is 1.49. The molecular formula is C4H3N2O2-. The van der Waals surface area contributed by atoms with Gasteiger partial charge in [0.15, 0.2) is 0 Å². The van der Waals surface area contributed by atoms with Crippen LogP contribution in [-0.4, -0.2) is 9.97 Å². The summed E-state index contributed by atoms with van der Waals surface area (Å²) in [5.41, 5.74) is -1.01. The molecule has 0 aromatic carbocycles. The Morgan fingerprint density at radius 3 is 2.62 bits per heavy atom. The van der Waals surface area contributed by atoms with E-state index in [1.807, 2.05) is 4.98 Å². The molecule has 0 aliphatic heterocycles. The second-order valence-corrected chi connectivity index (χ2v) is 1.22. The standard InChI is InChI=1S/C4H3N2O2/c7-3-1-2-5-4(8)6-3/h2H,(H2,5,6,7,8)/q-1. The molecule has 0 spiro atoms. The summed E-state index contributed by atoms with van der Waals surface area (Å²) in [7, 11) is 0. The van der Waals surface area contributed by atoms with Crippen molar-refractivity contribution < 1.29 is 0 Å². The van der Waals surface area contributed by atoms with Crippen molar-refractivity contribution in [1.82, 2.24) is 9.97 Å². The summed E-state index contributed by atoms with van der Waals surface area (Å²) in [6.45, 7) is 0. The molecule has 0 saturated heterocycles. The lowest BCUT2D eigenvalue weighted by Gasteiger charge is -1.88. The molecule has 8 heavy (non-hydrogen) atoms. The fraction of sp³-hybridized carbons (Fsp3) is 0. The van der Waals surface area contributed by atoms with Crippen molar-refractivity contribution >= 4 is 0 Å². The molecule has 0 amide bonds. The molecular weight excluding hydrogens is 108 g/mol. The number of aromatic amines is 2. The van der Waals surface area contributed by atoms with Gasteiger partial charge in [-0.2, -0.15) is 6.20 Å². The topological polar surface area (TPSA) is 65.7 Å². The Morgan fingerprint density at radius 1 is 1.50 bits per heavy atom. The van der Waals surface area contributed by atoms with Crippen LogP contribution in [-0.2, 0) is 0 Å². The predicted molar refractivity (Wildman–Crippen MR) is 26.5 cm³/mol. The van der Waals surface area contributed by atoms with E-state index in [1.165, 1.54) is 6.20 Å². The number of hydrogen-bond acceptors (Lipinski definition) is 2. The zero-order valence-corrected chi connectivity index (χ0v) is 3.89. The van der Waals surface area contributed by atoms with Gasteiger partial charge in [-0.1, -0.05) is 0 Å². The van der Waals surface area contributed by atoms with Gasteiger partial charge in [0.1, 0.15) is 0 Å². The van der Waals surface area contributed by atoms with Gasteiger partial charge >= 0.3 is 5.69 Å². The highest BCUT2D eigenvalue weighted by atomic mass is 16.2. The lowest BCUT2D eigenvalue weighted by molar-refractivity contribution is 1.03. The molecule has 4 nitrogen and oxygen atoms in total. The van der Waals surface area contributed by atoms with Crippen LogP contribution in [0.4, 0.5) is 0 Å². The van der Waals surface area contributed by atoms with Crippen LogP contribution in [0, 0.1) is 6.07 Å². The van der Waals surface area contributed by atoms with E-state index in [9.17, 15) is 9.59 Å². The van der Waals surface area contributed by atoms with Gasteiger partial charge in [-0.05, 0) is 0 Å². The molecule has 0 aliphatic rings. The first kappa shape index (κ1) is 4.83. The quantitative estimate of drug-likeness (QED) is 0.416. The fourth-order valence-electron chi connectivity index (χ4n) is 0.342. The first-order chi connectivity index (χ1) is 3.79. The third-order valence-electron chi connectivity index (χ3n) is 0.634. The lowest BCUT2D eigenvalue weighted by atomic mass is 10.7. The van der Waals surface area contributed by atoms with Crippen molar-refractivity contribution in [2.75, 3.05) is 0 Å². The molecule has 42 valence electrons. The van der Waals surface area contributed by atoms with E-state index >= 15 is 0 Å². The number of H-pyrrole nitrogens is 2. The summed E-state index contributed by atoms with van der Waals surface area (Å²) in [5, 5.41) is 0. The largest absolute Gasteiger partial charge is 0.387 e. The second kappa shape index (κ2) is 1.65. The summed E-state index contributed by atoms with van der Waals surface area (Å²) < 4.78 is 0. The van der Waals surface area contributed by atoms with Crippen molar-refractivity contribution in [2.24, 2.45) is 0 Å². The third-order valence-corrected chi connectivity index (χ3v) is 0.634. The Balaban J connectivity index is 3.50. The predicted octanol–water partition coefficient (Wildman–Crippen LogP) is -1.14. The van der Waals surface area contributed by atoms with E-state index in [2.05, 4.69) is 11.1 Å². The first-order valence-corrected chi connectivity index (χ1v) is 1.99. The summed E-state index contributed by atoms with van der Waals surface area (Å²) in [4.78, 5) is 24.5. The number of aromatic nitrogens is 2. The minimum Gasteiger partial charge on any atom is -0.387 e. The van der Waals surface area contributed by atoms with Gasteiger partial charge in [0.25, 0.3) is 0 Å². The van der Waals surface area contributed by atoms with Crippen LogP contribution < -0.4 is 11.2 Å². The van der Waals surface area contributed by atoms with Gasteiger partial charge in [-0.25, -0.2) is 4.79 Å². The highest BCUT2D eigenvalue weighted by molar-refractivity contribution is 4.74. The Kier molecular flexibility index (Phi) is 0.997. The molecule has 1 aromatic heterocycles. The number of rotatable bonds is 0. The molecule has 0 atom stereocenters. The SMILES string of the molecule is O=c1[c-]c[nH]c(=O)[nH]1. The monoisotopic (exact) mass is 111 g/mol. The van der Waals surface area contributed by atoms with Crippen LogP contribution in [0.15, 0.2) is 15.8 Å². The number of nitrogens with one attached hydrogen (secondary N) is 2. The van der Waals surface area contributed by atoms with Crippen molar-refractivity contribution in [2.45, 2.75) is 0 Å². The van der Waals surface area contributed by atoms with E-state index < -0.39 is 11.2 Å². The van der Waals surface area contributed by atoms with Gasteiger partial charge in [0, 0.05) is 0 Å². The second-order valence-electron chi connectivity index (χ2n) is 1.22. The van der Waals surface area contributed by atoms with E-state index in [1.54, 1.807) is 0 Å². The minimum absolute atomic E-state index is 0.506. The molecule has 0 aliphatic carbocycles. The van der Waals surface area contributed by atoms with Crippen LogP contribution >= 0.6 is 0 Å². The van der Waals surface area contributed by atoms with Crippen LogP contribution in [0.2, 0.25) is 0 Å². The van der Waals surface area contributed by atoms with Crippen molar-refractivity contribution in [3.8, 4) is 0 Å². The van der Waals surface area contributed by atoms with Crippen LogP contribution in [0.5, 0.6) is 0 Å². The smallest absolute Gasteiger partial charge is 0.320 e. The Bertz CT molecular complexity index is 246. The molecule has 2 N–H and O–H groups in total. The lowest BCUT2D eigenvalue weighted by Crippen LogP contribution is -2.19. The number of hydrogen-bond donors (Lipinski definition) is 2. The molecule has 0 fully saturated rings. The third kappa shape index (κ3) is 0.841. The van der Waals surface area contributed by atoms with Crippen molar-refractivity contribution in [3.05, 3.63) is 33.1 Å². The highest BCUT2D eigenvalue weighted by Gasteiger charge is 1.67. The summed E-state index contributed by atoms with van der Waals surface area (Å²) in [6.07, 6.45) is 1.17. The van der Waals surface area contributed by atoms with Crippen molar-refractivity contribution in [3.63, 3.8) is 0 Å². The zero-order chi connectivity index (χ0) is 5.98. The van der Waals surface area contributed by atoms with E-state index in [0.717, 1.165) is 0 Å².